The second kappa shape index (κ2) is 7.10. The van der Waals surface area contributed by atoms with Gasteiger partial charge in [0.2, 0.25) is 11.6 Å². The van der Waals surface area contributed by atoms with E-state index in [9.17, 15) is 22.8 Å². The number of nitrogens with one attached hydrogen (secondary N) is 1. The Morgan fingerprint density at radius 2 is 1.68 bits per heavy atom. The Morgan fingerprint density at radius 1 is 1.07 bits per heavy atom. The maximum absolute atomic E-state index is 13.3. The summed E-state index contributed by atoms with van der Waals surface area (Å²) in [7, 11) is 0. The van der Waals surface area contributed by atoms with Crippen LogP contribution in [0.5, 0.6) is 0 Å². The van der Waals surface area contributed by atoms with Gasteiger partial charge in [-0.2, -0.15) is 13.2 Å². The lowest BCUT2D eigenvalue weighted by Gasteiger charge is -2.15. The number of nitrogens with zero attached hydrogens (tertiary/aromatic N) is 2. The quantitative estimate of drug-likeness (QED) is 0.737. The van der Waals surface area contributed by atoms with E-state index < -0.39 is 29.9 Å². The summed E-state index contributed by atoms with van der Waals surface area (Å²) in [5.41, 5.74) is 0.315. The summed E-state index contributed by atoms with van der Waals surface area (Å²) < 4.78 is 40.7. The maximum Gasteiger partial charge on any atom is 0.438 e. The minimum absolute atomic E-state index is 0.0122. The molecular weight excluding hydrogens is 371 g/mol. The minimum Gasteiger partial charge on any atom is -0.325 e. The summed E-state index contributed by atoms with van der Waals surface area (Å²) in [6.07, 6.45) is -4.92. The normalized spacial score (nSPS) is 11.6. The zero-order valence-corrected chi connectivity index (χ0v) is 15.5. The van der Waals surface area contributed by atoms with E-state index in [1.54, 1.807) is 44.2 Å². The molecule has 1 N–H and O–H groups in total. The number of carbonyl (C=O) groups is 1. The van der Waals surface area contributed by atoms with Crippen LogP contribution in [0.3, 0.4) is 0 Å². The van der Waals surface area contributed by atoms with Crippen LogP contribution in [0.25, 0.3) is 11.0 Å². The van der Waals surface area contributed by atoms with E-state index in [4.69, 9.17) is 0 Å². The second-order valence-electron chi connectivity index (χ2n) is 6.69. The third-order valence-corrected chi connectivity index (χ3v) is 4.47. The third kappa shape index (κ3) is 3.90. The number of hydrogen-bond acceptors (Lipinski definition) is 3. The van der Waals surface area contributed by atoms with Crippen LogP contribution in [0, 0.1) is 20.8 Å². The molecule has 5 nitrogen and oxygen atoms in total. The summed E-state index contributed by atoms with van der Waals surface area (Å²) in [6, 6.07) is 9.98. The second-order valence-corrected chi connectivity index (χ2v) is 6.69. The first-order chi connectivity index (χ1) is 13.1. The van der Waals surface area contributed by atoms with Crippen LogP contribution >= 0.6 is 0 Å². The van der Waals surface area contributed by atoms with E-state index in [1.165, 1.54) is 6.07 Å². The highest BCUT2D eigenvalue weighted by molar-refractivity contribution is 5.91. The van der Waals surface area contributed by atoms with E-state index in [0.717, 1.165) is 21.3 Å². The van der Waals surface area contributed by atoms with Gasteiger partial charge in [0, 0.05) is 5.69 Å². The summed E-state index contributed by atoms with van der Waals surface area (Å²) in [4.78, 5) is 28.4. The topological polar surface area (TPSA) is 64.0 Å². The van der Waals surface area contributed by atoms with E-state index in [0.29, 0.717) is 5.69 Å². The van der Waals surface area contributed by atoms with Crippen molar-refractivity contribution in [2.75, 3.05) is 5.32 Å². The van der Waals surface area contributed by atoms with Gasteiger partial charge in [-0.1, -0.05) is 17.7 Å². The van der Waals surface area contributed by atoms with Crippen LogP contribution in [-0.2, 0) is 17.5 Å². The number of fused-ring (bicyclic) bond motifs is 1. The molecule has 0 fully saturated rings. The number of aromatic nitrogens is 2. The van der Waals surface area contributed by atoms with E-state index in [1.807, 2.05) is 6.92 Å². The van der Waals surface area contributed by atoms with Gasteiger partial charge in [0.05, 0.1) is 11.0 Å². The Hall–Kier alpha value is -3.16. The fourth-order valence-electron chi connectivity index (χ4n) is 2.82. The molecular formula is C20H18F3N3O2. The van der Waals surface area contributed by atoms with Gasteiger partial charge in [0.1, 0.15) is 6.54 Å². The standard InChI is InChI=1S/C20H18F3N3O2/c1-11-4-6-14(7-5-11)24-17(27)10-26-16-9-13(3)12(2)8-15(16)25-18(19(26)28)20(21,22)23/h4-9H,10H2,1-3H3,(H,24,27). The Balaban J connectivity index is 2.08. The number of alkyl halides is 3. The summed E-state index contributed by atoms with van der Waals surface area (Å²) in [5, 5.41) is 2.59. The third-order valence-electron chi connectivity index (χ3n) is 4.47. The Labute approximate surface area is 158 Å². The molecule has 2 aromatic carbocycles. The minimum atomic E-state index is -4.92. The van der Waals surface area contributed by atoms with Gasteiger partial charge in [-0.05, 0) is 56.2 Å². The number of rotatable bonds is 3. The van der Waals surface area contributed by atoms with Crippen molar-refractivity contribution in [3.05, 3.63) is 69.1 Å². The molecule has 1 amide bonds. The van der Waals surface area contributed by atoms with Crippen LogP contribution < -0.4 is 10.9 Å². The van der Waals surface area contributed by atoms with Crippen molar-refractivity contribution in [3.8, 4) is 0 Å². The molecule has 3 rings (SSSR count). The van der Waals surface area contributed by atoms with Crippen molar-refractivity contribution >= 4 is 22.6 Å². The highest BCUT2D eigenvalue weighted by atomic mass is 19.4. The highest BCUT2D eigenvalue weighted by Crippen LogP contribution is 2.27. The number of carbonyl (C=O) groups excluding carboxylic acids is 1. The molecule has 0 spiro atoms. The van der Waals surface area contributed by atoms with Gasteiger partial charge in [-0.15, -0.1) is 0 Å². The predicted molar refractivity (Wildman–Crippen MR) is 100 cm³/mol. The molecule has 3 aromatic rings. The van der Waals surface area contributed by atoms with Gasteiger partial charge in [-0.25, -0.2) is 4.98 Å². The number of aryl methyl sites for hydroxylation is 3. The summed E-state index contributed by atoms with van der Waals surface area (Å²) >= 11 is 0. The lowest BCUT2D eigenvalue weighted by Crippen LogP contribution is -2.34. The average Bonchev–Trinajstić information content (AvgIpc) is 2.60. The Kier molecular flexibility index (Phi) is 4.97. The van der Waals surface area contributed by atoms with Gasteiger partial charge >= 0.3 is 6.18 Å². The van der Waals surface area contributed by atoms with Gasteiger partial charge in [0.25, 0.3) is 5.56 Å². The lowest BCUT2D eigenvalue weighted by atomic mass is 10.1. The number of hydrogen-bond donors (Lipinski definition) is 1. The van der Waals surface area contributed by atoms with Crippen LogP contribution in [0.4, 0.5) is 18.9 Å². The monoisotopic (exact) mass is 389 g/mol. The predicted octanol–water partition coefficient (Wildman–Crippen LogP) is 3.98. The van der Waals surface area contributed by atoms with Crippen molar-refractivity contribution in [1.82, 2.24) is 9.55 Å². The van der Waals surface area contributed by atoms with Crippen molar-refractivity contribution < 1.29 is 18.0 Å². The zero-order chi connectivity index (χ0) is 20.6. The number of amides is 1. The fraction of sp³-hybridized carbons (Fsp3) is 0.250. The molecule has 0 aliphatic heterocycles. The Morgan fingerprint density at radius 3 is 2.29 bits per heavy atom. The molecule has 1 aromatic heterocycles. The van der Waals surface area contributed by atoms with Crippen LogP contribution in [0.2, 0.25) is 0 Å². The van der Waals surface area contributed by atoms with Crippen LogP contribution in [0.15, 0.2) is 41.2 Å². The van der Waals surface area contributed by atoms with E-state index in [2.05, 4.69) is 10.3 Å². The Bertz CT molecular complexity index is 1120. The van der Waals surface area contributed by atoms with Crippen LogP contribution in [-0.4, -0.2) is 15.5 Å². The molecule has 0 unspecified atom stereocenters. The van der Waals surface area contributed by atoms with Gasteiger partial charge < -0.3 is 5.32 Å². The number of halogens is 3. The summed E-state index contributed by atoms with van der Waals surface area (Å²) in [5.74, 6) is -0.607. The molecule has 0 saturated carbocycles. The van der Waals surface area contributed by atoms with E-state index in [-0.39, 0.29) is 11.0 Å². The molecule has 1 heterocycles. The molecule has 0 aliphatic carbocycles. The first-order valence-electron chi connectivity index (χ1n) is 8.52. The van der Waals surface area contributed by atoms with Crippen molar-refractivity contribution in [2.45, 2.75) is 33.5 Å². The molecule has 0 atom stereocenters. The SMILES string of the molecule is Cc1ccc(NC(=O)Cn2c(=O)c(C(F)(F)F)nc3cc(C)c(C)cc32)cc1. The molecule has 0 radical (unpaired) electrons. The van der Waals surface area contributed by atoms with Crippen molar-refractivity contribution in [2.24, 2.45) is 0 Å². The van der Waals surface area contributed by atoms with Crippen LogP contribution in [0.1, 0.15) is 22.4 Å². The molecule has 0 saturated heterocycles. The molecule has 0 aliphatic rings. The number of anilines is 1. The van der Waals surface area contributed by atoms with Crippen molar-refractivity contribution in [1.29, 1.82) is 0 Å². The highest BCUT2D eigenvalue weighted by Gasteiger charge is 2.37. The maximum atomic E-state index is 13.3. The number of benzene rings is 2. The molecule has 0 bridgehead atoms. The van der Waals surface area contributed by atoms with E-state index >= 15 is 0 Å². The fourth-order valence-corrected chi connectivity index (χ4v) is 2.82. The van der Waals surface area contributed by atoms with Crippen molar-refractivity contribution in [3.63, 3.8) is 0 Å². The van der Waals surface area contributed by atoms with Gasteiger partial charge in [0.15, 0.2) is 0 Å². The molecule has 146 valence electrons. The summed E-state index contributed by atoms with van der Waals surface area (Å²) in [6.45, 7) is 4.84. The first kappa shape index (κ1) is 19.6. The van der Waals surface area contributed by atoms with Gasteiger partial charge in [-0.3, -0.25) is 14.2 Å². The molecule has 28 heavy (non-hydrogen) atoms. The largest absolute Gasteiger partial charge is 0.438 e. The first-order valence-corrected chi connectivity index (χ1v) is 8.52. The smallest absolute Gasteiger partial charge is 0.325 e. The average molecular weight is 389 g/mol. The lowest BCUT2D eigenvalue weighted by molar-refractivity contribution is -0.142. The zero-order valence-electron chi connectivity index (χ0n) is 15.5. The molecule has 8 heteroatoms.